The molecule has 0 aliphatic rings. The Kier molecular flexibility index (Phi) is 6.27. The van der Waals surface area contributed by atoms with E-state index in [0.29, 0.717) is 12.6 Å². The molecule has 1 amide bonds. The molecule has 20 heavy (non-hydrogen) atoms. The van der Waals surface area contributed by atoms with E-state index in [-0.39, 0.29) is 5.91 Å². The lowest BCUT2D eigenvalue weighted by Gasteiger charge is -2.26. The molecule has 0 aliphatic carbocycles. The molecule has 1 rings (SSSR count). The smallest absolute Gasteiger partial charge is 0.253 e. The van der Waals surface area contributed by atoms with Gasteiger partial charge >= 0.3 is 0 Å². The first-order valence-corrected chi connectivity index (χ1v) is 7.11. The van der Waals surface area contributed by atoms with E-state index in [4.69, 9.17) is 5.73 Å². The number of nitrogens with zero attached hydrogens (tertiary/aromatic N) is 1. The van der Waals surface area contributed by atoms with Gasteiger partial charge in [0.1, 0.15) is 0 Å². The molecular formula is C17H24N2O. The van der Waals surface area contributed by atoms with Gasteiger partial charge in [-0.2, -0.15) is 0 Å². The average Bonchev–Trinajstić information content (AvgIpc) is 2.46. The molecule has 1 aromatic carbocycles. The van der Waals surface area contributed by atoms with Crippen molar-refractivity contribution in [1.29, 1.82) is 0 Å². The van der Waals surface area contributed by atoms with Gasteiger partial charge in [-0.25, -0.2) is 0 Å². The van der Waals surface area contributed by atoms with Crippen LogP contribution < -0.4 is 5.73 Å². The Bertz CT molecular complexity index is 522. The molecule has 0 saturated heterocycles. The number of hydrogen-bond acceptors (Lipinski definition) is 2. The maximum Gasteiger partial charge on any atom is 0.253 e. The van der Waals surface area contributed by atoms with Gasteiger partial charge in [0.05, 0.1) is 6.54 Å². The van der Waals surface area contributed by atoms with E-state index in [9.17, 15) is 4.79 Å². The second-order valence-electron chi connectivity index (χ2n) is 4.92. The van der Waals surface area contributed by atoms with Gasteiger partial charge in [-0.1, -0.05) is 25.7 Å². The fourth-order valence-electron chi connectivity index (χ4n) is 2.29. The molecule has 1 aromatic rings. The second-order valence-corrected chi connectivity index (χ2v) is 4.92. The minimum Gasteiger partial charge on any atom is -0.339 e. The summed E-state index contributed by atoms with van der Waals surface area (Å²) in [6, 6.07) is 5.93. The van der Waals surface area contributed by atoms with Crippen LogP contribution in [0.4, 0.5) is 0 Å². The SMILES string of the molecule is CCC(CC)N(C)C(=O)c1ccc(C#CCN)c(C)c1. The Morgan fingerprint density at radius 2 is 2.00 bits per heavy atom. The van der Waals surface area contributed by atoms with Gasteiger partial charge in [-0.05, 0) is 43.5 Å². The van der Waals surface area contributed by atoms with Crippen molar-refractivity contribution in [2.45, 2.75) is 39.7 Å². The zero-order chi connectivity index (χ0) is 15.1. The highest BCUT2D eigenvalue weighted by atomic mass is 16.2. The van der Waals surface area contributed by atoms with E-state index in [2.05, 4.69) is 25.7 Å². The molecule has 0 aromatic heterocycles. The van der Waals surface area contributed by atoms with Crippen LogP contribution in [-0.4, -0.2) is 30.4 Å². The van der Waals surface area contributed by atoms with E-state index in [1.54, 1.807) is 0 Å². The number of carbonyl (C=O) groups is 1. The number of benzene rings is 1. The first-order valence-electron chi connectivity index (χ1n) is 7.11. The van der Waals surface area contributed by atoms with Crippen LogP contribution in [0.3, 0.4) is 0 Å². The fourth-order valence-corrected chi connectivity index (χ4v) is 2.29. The minimum absolute atomic E-state index is 0.0696. The summed E-state index contributed by atoms with van der Waals surface area (Å²) < 4.78 is 0. The molecule has 0 radical (unpaired) electrons. The third-order valence-corrected chi connectivity index (χ3v) is 3.61. The second kappa shape index (κ2) is 7.72. The van der Waals surface area contributed by atoms with Crippen LogP contribution in [0.2, 0.25) is 0 Å². The largest absolute Gasteiger partial charge is 0.339 e. The summed E-state index contributed by atoms with van der Waals surface area (Å²) in [5.74, 6) is 5.92. The standard InChI is InChI=1S/C17H24N2O/c1-5-16(6-2)19(4)17(20)15-10-9-14(8-7-11-18)13(3)12-15/h9-10,12,16H,5-6,11,18H2,1-4H3. The maximum absolute atomic E-state index is 12.5. The van der Waals surface area contributed by atoms with Crippen LogP contribution in [0.1, 0.15) is 48.2 Å². The summed E-state index contributed by atoms with van der Waals surface area (Å²) >= 11 is 0. The molecule has 2 N–H and O–H groups in total. The van der Waals surface area contributed by atoms with Gasteiger partial charge < -0.3 is 10.6 Å². The quantitative estimate of drug-likeness (QED) is 0.856. The summed E-state index contributed by atoms with van der Waals surface area (Å²) in [5.41, 5.74) is 8.03. The van der Waals surface area contributed by atoms with Crippen molar-refractivity contribution >= 4 is 5.91 Å². The zero-order valence-corrected chi connectivity index (χ0v) is 12.9. The van der Waals surface area contributed by atoms with Crippen molar-refractivity contribution in [1.82, 2.24) is 4.90 Å². The molecule has 0 spiro atoms. The van der Waals surface area contributed by atoms with Crippen molar-refractivity contribution in [3.8, 4) is 11.8 Å². The fraction of sp³-hybridized carbons (Fsp3) is 0.471. The lowest BCUT2D eigenvalue weighted by molar-refractivity contribution is 0.0723. The summed E-state index contributed by atoms with van der Waals surface area (Å²) in [6.07, 6.45) is 1.94. The molecule has 108 valence electrons. The molecule has 0 atom stereocenters. The highest BCUT2D eigenvalue weighted by molar-refractivity contribution is 5.94. The van der Waals surface area contributed by atoms with Crippen molar-refractivity contribution in [2.24, 2.45) is 5.73 Å². The molecule has 0 aliphatic heterocycles. The van der Waals surface area contributed by atoms with Crippen LogP contribution >= 0.6 is 0 Å². The summed E-state index contributed by atoms with van der Waals surface area (Å²) in [4.78, 5) is 14.3. The van der Waals surface area contributed by atoms with Gasteiger partial charge in [-0.15, -0.1) is 0 Å². The van der Waals surface area contributed by atoms with Crippen molar-refractivity contribution in [2.75, 3.05) is 13.6 Å². The van der Waals surface area contributed by atoms with Crippen LogP contribution in [0.25, 0.3) is 0 Å². The number of hydrogen-bond donors (Lipinski definition) is 1. The Morgan fingerprint density at radius 1 is 1.35 bits per heavy atom. The lowest BCUT2D eigenvalue weighted by atomic mass is 10.0. The third kappa shape index (κ3) is 3.85. The minimum atomic E-state index is 0.0696. The van der Waals surface area contributed by atoms with Gasteiger partial charge in [-0.3, -0.25) is 4.79 Å². The molecule has 0 unspecified atom stereocenters. The first kappa shape index (κ1) is 16.3. The first-order chi connectivity index (χ1) is 9.54. The number of amides is 1. The maximum atomic E-state index is 12.5. The topological polar surface area (TPSA) is 46.3 Å². The Morgan fingerprint density at radius 3 is 2.50 bits per heavy atom. The molecule has 3 nitrogen and oxygen atoms in total. The van der Waals surface area contributed by atoms with Crippen molar-refractivity contribution in [3.05, 3.63) is 34.9 Å². The highest BCUT2D eigenvalue weighted by Gasteiger charge is 2.18. The number of rotatable bonds is 4. The van der Waals surface area contributed by atoms with Gasteiger partial charge in [0.25, 0.3) is 5.91 Å². The Labute approximate surface area is 122 Å². The summed E-state index contributed by atoms with van der Waals surface area (Å²) in [5, 5.41) is 0. The van der Waals surface area contributed by atoms with Crippen LogP contribution in [0.5, 0.6) is 0 Å². The van der Waals surface area contributed by atoms with E-state index in [1.807, 2.05) is 37.1 Å². The van der Waals surface area contributed by atoms with Crippen LogP contribution in [0.15, 0.2) is 18.2 Å². The molecule has 0 bridgehead atoms. The summed E-state index contributed by atoms with van der Waals surface area (Å²) in [7, 11) is 1.87. The Balaban J connectivity index is 2.98. The predicted octanol–water partition coefficient (Wildman–Crippen LogP) is 2.57. The van der Waals surface area contributed by atoms with E-state index >= 15 is 0 Å². The molecule has 0 saturated carbocycles. The number of nitrogens with two attached hydrogens (primary N) is 1. The van der Waals surface area contributed by atoms with E-state index in [1.165, 1.54) is 0 Å². The van der Waals surface area contributed by atoms with Gasteiger partial charge in [0, 0.05) is 24.2 Å². The molecular weight excluding hydrogens is 248 g/mol. The molecule has 0 fully saturated rings. The average molecular weight is 272 g/mol. The van der Waals surface area contributed by atoms with Crippen LogP contribution in [0, 0.1) is 18.8 Å². The van der Waals surface area contributed by atoms with Crippen molar-refractivity contribution < 1.29 is 4.79 Å². The summed E-state index contributed by atoms with van der Waals surface area (Å²) in [6.45, 7) is 6.52. The van der Waals surface area contributed by atoms with Crippen LogP contribution in [-0.2, 0) is 0 Å². The van der Waals surface area contributed by atoms with E-state index in [0.717, 1.165) is 29.5 Å². The highest BCUT2D eigenvalue weighted by Crippen LogP contribution is 2.15. The molecule has 3 heteroatoms. The number of aryl methyl sites for hydroxylation is 1. The zero-order valence-electron chi connectivity index (χ0n) is 12.9. The van der Waals surface area contributed by atoms with Crippen molar-refractivity contribution in [3.63, 3.8) is 0 Å². The number of carbonyl (C=O) groups excluding carboxylic acids is 1. The lowest BCUT2D eigenvalue weighted by Crippen LogP contribution is -2.36. The van der Waals surface area contributed by atoms with Gasteiger partial charge in [0.2, 0.25) is 0 Å². The monoisotopic (exact) mass is 272 g/mol. The predicted molar refractivity (Wildman–Crippen MR) is 83.6 cm³/mol. The third-order valence-electron chi connectivity index (χ3n) is 3.61. The van der Waals surface area contributed by atoms with Gasteiger partial charge in [0.15, 0.2) is 0 Å². The Hall–Kier alpha value is -1.79. The van der Waals surface area contributed by atoms with E-state index < -0.39 is 0 Å². The normalized spacial score (nSPS) is 10.1. The molecule has 0 heterocycles.